The Kier molecular flexibility index (Phi) is 6.59. The SMILES string of the molecule is Cc1cc(N2C(=S)NC(c3ccccn3)C2c2ccc(-c3ccc([N+](=O)[O-])cc3)o2)ccc1NS(C)(=O)=O. The quantitative estimate of drug-likeness (QED) is 0.183. The van der Waals surface area contributed by atoms with Crippen LogP contribution in [0, 0.1) is 17.0 Å². The molecule has 0 bridgehead atoms. The number of hydrogen-bond donors (Lipinski definition) is 2. The van der Waals surface area contributed by atoms with E-state index in [9.17, 15) is 18.5 Å². The Labute approximate surface area is 224 Å². The molecule has 2 aromatic heterocycles. The zero-order valence-electron chi connectivity index (χ0n) is 20.4. The fraction of sp³-hybridized carbons (Fsp3) is 0.154. The minimum absolute atomic E-state index is 0.00329. The van der Waals surface area contributed by atoms with Crippen molar-refractivity contribution in [1.82, 2.24) is 10.3 Å². The molecule has 10 nitrogen and oxygen atoms in total. The minimum Gasteiger partial charge on any atom is -0.459 e. The van der Waals surface area contributed by atoms with Crippen LogP contribution in [0.15, 0.2) is 83.4 Å². The largest absolute Gasteiger partial charge is 0.459 e. The van der Waals surface area contributed by atoms with Crippen LogP contribution in [0.3, 0.4) is 0 Å². The molecule has 5 rings (SSSR count). The van der Waals surface area contributed by atoms with E-state index in [0.717, 1.165) is 23.2 Å². The van der Waals surface area contributed by atoms with Crippen LogP contribution in [0.5, 0.6) is 0 Å². The average molecular weight is 550 g/mol. The molecule has 2 unspecified atom stereocenters. The molecule has 38 heavy (non-hydrogen) atoms. The van der Waals surface area contributed by atoms with Gasteiger partial charge in [-0.2, -0.15) is 0 Å². The van der Waals surface area contributed by atoms with E-state index in [1.807, 2.05) is 48.2 Å². The molecular formula is C26H23N5O5S2. The molecule has 0 spiro atoms. The summed E-state index contributed by atoms with van der Waals surface area (Å²) in [5.41, 5.74) is 3.41. The normalized spacial score (nSPS) is 17.3. The topological polar surface area (TPSA) is 131 Å². The maximum absolute atomic E-state index is 11.7. The second-order valence-electron chi connectivity index (χ2n) is 8.88. The number of pyridine rings is 1. The van der Waals surface area contributed by atoms with Gasteiger partial charge in [0.2, 0.25) is 10.0 Å². The highest BCUT2D eigenvalue weighted by Gasteiger charge is 2.42. The standard InChI is InChI=1S/C26H23N5O5S2/c1-16-15-19(10-11-20(16)29-38(2,34)35)30-25(24(28-26(30)37)21-5-3-4-14-27-21)23-13-12-22(36-23)17-6-8-18(9-7-17)31(32)33/h3-15,24-25,29H,1-2H3,(H,28,37). The second-order valence-corrected chi connectivity index (χ2v) is 11.0. The summed E-state index contributed by atoms with van der Waals surface area (Å²) in [7, 11) is -3.43. The minimum atomic E-state index is -3.43. The van der Waals surface area contributed by atoms with Crippen molar-refractivity contribution in [1.29, 1.82) is 0 Å². The Balaban J connectivity index is 1.56. The van der Waals surface area contributed by atoms with Gasteiger partial charge in [0.05, 0.1) is 28.6 Å². The molecule has 1 saturated heterocycles. The lowest BCUT2D eigenvalue weighted by Crippen LogP contribution is -2.29. The first kappa shape index (κ1) is 25.4. The molecule has 12 heteroatoms. The lowest BCUT2D eigenvalue weighted by Gasteiger charge is -2.26. The van der Waals surface area contributed by atoms with Crippen molar-refractivity contribution in [3.05, 3.63) is 106 Å². The van der Waals surface area contributed by atoms with Gasteiger partial charge in [-0.25, -0.2) is 8.42 Å². The van der Waals surface area contributed by atoms with Crippen molar-refractivity contribution in [2.75, 3.05) is 15.9 Å². The van der Waals surface area contributed by atoms with Crippen LogP contribution in [0.4, 0.5) is 17.1 Å². The van der Waals surface area contributed by atoms with E-state index in [1.165, 1.54) is 12.1 Å². The van der Waals surface area contributed by atoms with Gasteiger partial charge < -0.3 is 14.6 Å². The molecular weight excluding hydrogens is 526 g/mol. The number of non-ortho nitro benzene ring substituents is 1. The molecule has 0 radical (unpaired) electrons. The van der Waals surface area contributed by atoms with Crippen molar-refractivity contribution in [3.63, 3.8) is 0 Å². The highest BCUT2D eigenvalue weighted by molar-refractivity contribution is 7.92. The molecule has 3 heterocycles. The fourth-order valence-electron chi connectivity index (χ4n) is 4.45. The Morgan fingerprint density at radius 2 is 1.87 bits per heavy atom. The maximum atomic E-state index is 11.7. The van der Waals surface area contributed by atoms with Crippen molar-refractivity contribution in [2.24, 2.45) is 0 Å². The number of furan rings is 1. The number of nitrogens with zero attached hydrogens (tertiary/aromatic N) is 3. The molecule has 0 amide bonds. The molecule has 0 aliphatic carbocycles. The van der Waals surface area contributed by atoms with Gasteiger partial charge in [-0.1, -0.05) is 6.07 Å². The number of hydrogen-bond acceptors (Lipinski definition) is 7. The Morgan fingerprint density at radius 3 is 2.50 bits per heavy atom. The molecule has 1 aliphatic rings. The number of nitrogens with one attached hydrogen (secondary N) is 2. The van der Waals surface area contributed by atoms with Crippen molar-refractivity contribution >= 4 is 44.4 Å². The van der Waals surface area contributed by atoms with Crippen LogP contribution in [0.1, 0.15) is 29.1 Å². The van der Waals surface area contributed by atoms with E-state index in [0.29, 0.717) is 27.9 Å². The lowest BCUT2D eigenvalue weighted by molar-refractivity contribution is -0.384. The number of benzene rings is 2. The van der Waals surface area contributed by atoms with Crippen LogP contribution in [0.2, 0.25) is 0 Å². The average Bonchev–Trinajstić information content (AvgIpc) is 3.50. The number of nitro benzene ring substituents is 1. The highest BCUT2D eigenvalue weighted by atomic mass is 32.2. The van der Waals surface area contributed by atoms with Crippen molar-refractivity contribution in [3.8, 4) is 11.3 Å². The van der Waals surface area contributed by atoms with E-state index in [1.54, 1.807) is 30.5 Å². The van der Waals surface area contributed by atoms with E-state index >= 15 is 0 Å². The summed E-state index contributed by atoms with van der Waals surface area (Å²) in [4.78, 5) is 17.0. The van der Waals surface area contributed by atoms with Gasteiger partial charge in [0.1, 0.15) is 17.6 Å². The third kappa shape index (κ3) is 5.08. The molecule has 4 aromatic rings. The number of nitro groups is 1. The highest BCUT2D eigenvalue weighted by Crippen LogP contribution is 2.43. The number of rotatable bonds is 7. The third-order valence-corrected chi connectivity index (χ3v) is 7.07. The van der Waals surface area contributed by atoms with E-state index in [2.05, 4.69) is 15.0 Å². The summed E-state index contributed by atoms with van der Waals surface area (Å²) in [5.74, 6) is 1.16. The van der Waals surface area contributed by atoms with Gasteiger partial charge in [0.15, 0.2) is 5.11 Å². The van der Waals surface area contributed by atoms with Gasteiger partial charge in [-0.3, -0.25) is 19.8 Å². The molecule has 1 fully saturated rings. The first-order chi connectivity index (χ1) is 18.1. The smallest absolute Gasteiger partial charge is 0.269 e. The number of aromatic nitrogens is 1. The molecule has 2 aromatic carbocycles. The summed E-state index contributed by atoms with van der Waals surface area (Å²) in [6.45, 7) is 1.81. The van der Waals surface area contributed by atoms with E-state index in [-0.39, 0.29) is 11.7 Å². The van der Waals surface area contributed by atoms with Gasteiger partial charge in [-0.15, -0.1) is 0 Å². The number of sulfonamides is 1. The van der Waals surface area contributed by atoms with Crippen molar-refractivity contribution < 1.29 is 17.8 Å². The van der Waals surface area contributed by atoms with Crippen LogP contribution in [-0.2, 0) is 10.0 Å². The summed E-state index contributed by atoms with van der Waals surface area (Å²) >= 11 is 5.75. The molecule has 2 N–H and O–H groups in total. The molecule has 1 aliphatic heterocycles. The Bertz CT molecular complexity index is 1620. The van der Waals surface area contributed by atoms with E-state index in [4.69, 9.17) is 16.6 Å². The van der Waals surface area contributed by atoms with E-state index < -0.39 is 21.0 Å². The first-order valence-electron chi connectivity index (χ1n) is 11.5. The maximum Gasteiger partial charge on any atom is 0.269 e. The predicted molar refractivity (Wildman–Crippen MR) is 148 cm³/mol. The van der Waals surface area contributed by atoms with Crippen LogP contribution >= 0.6 is 12.2 Å². The number of aryl methyl sites for hydroxylation is 1. The number of anilines is 2. The Morgan fingerprint density at radius 1 is 1.11 bits per heavy atom. The molecule has 194 valence electrons. The summed E-state index contributed by atoms with van der Waals surface area (Å²) < 4.78 is 32.3. The summed E-state index contributed by atoms with van der Waals surface area (Å²) in [6.07, 6.45) is 2.81. The second kappa shape index (κ2) is 9.88. The zero-order valence-corrected chi connectivity index (χ0v) is 22.0. The van der Waals surface area contributed by atoms with Crippen LogP contribution in [0.25, 0.3) is 11.3 Å². The molecule has 0 saturated carbocycles. The fourth-order valence-corrected chi connectivity index (χ4v) is 5.42. The number of thiocarbonyl (C=S) groups is 1. The monoisotopic (exact) mass is 549 g/mol. The van der Waals surface area contributed by atoms with Gasteiger partial charge in [-0.05, 0) is 79.3 Å². The first-order valence-corrected chi connectivity index (χ1v) is 13.8. The summed E-state index contributed by atoms with van der Waals surface area (Å²) in [5, 5.41) is 14.8. The van der Waals surface area contributed by atoms with Crippen molar-refractivity contribution in [2.45, 2.75) is 19.0 Å². The third-order valence-electron chi connectivity index (χ3n) is 6.16. The van der Waals surface area contributed by atoms with Gasteiger partial charge >= 0.3 is 0 Å². The molecule has 2 atom stereocenters. The lowest BCUT2D eigenvalue weighted by atomic mass is 10.0. The summed E-state index contributed by atoms with van der Waals surface area (Å²) in [6, 6.07) is 20.0. The van der Waals surface area contributed by atoms with Gasteiger partial charge in [0.25, 0.3) is 5.69 Å². The predicted octanol–water partition coefficient (Wildman–Crippen LogP) is 5.11. The van der Waals surface area contributed by atoms with Gasteiger partial charge in [0, 0.05) is 29.6 Å². The van der Waals surface area contributed by atoms with Crippen LogP contribution < -0.4 is 14.9 Å². The van der Waals surface area contributed by atoms with Crippen LogP contribution in [-0.4, -0.2) is 29.7 Å². The Hall–Kier alpha value is -4.29. The zero-order chi connectivity index (χ0) is 27.0.